The van der Waals surface area contributed by atoms with E-state index in [0.29, 0.717) is 30.0 Å². The summed E-state index contributed by atoms with van der Waals surface area (Å²) in [4.78, 5) is 37.9. The van der Waals surface area contributed by atoms with Gasteiger partial charge in [0.2, 0.25) is 5.91 Å². The molecule has 1 fully saturated rings. The second kappa shape index (κ2) is 8.20. The van der Waals surface area contributed by atoms with Crippen LogP contribution in [0.2, 0.25) is 0 Å². The van der Waals surface area contributed by atoms with E-state index in [9.17, 15) is 19.5 Å². The third-order valence-corrected chi connectivity index (χ3v) is 6.43. The summed E-state index contributed by atoms with van der Waals surface area (Å²) in [7, 11) is 0. The number of hydrogen-bond acceptors (Lipinski definition) is 5. The van der Waals surface area contributed by atoms with Gasteiger partial charge < -0.3 is 15.2 Å². The molecule has 142 valence electrons. The molecule has 0 saturated heterocycles. The van der Waals surface area contributed by atoms with Crippen LogP contribution in [0.3, 0.4) is 0 Å². The second-order valence-electron chi connectivity index (χ2n) is 7.02. The van der Waals surface area contributed by atoms with E-state index in [4.69, 9.17) is 4.74 Å². The quantitative estimate of drug-likeness (QED) is 0.736. The highest BCUT2D eigenvalue weighted by Crippen LogP contribution is 2.40. The van der Waals surface area contributed by atoms with E-state index in [2.05, 4.69) is 5.32 Å². The van der Waals surface area contributed by atoms with Crippen molar-refractivity contribution < 1.29 is 24.2 Å². The van der Waals surface area contributed by atoms with Crippen molar-refractivity contribution in [2.75, 3.05) is 11.9 Å². The van der Waals surface area contributed by atoms with Crippen LogP contribution in [0.25, 0.3) is 0 Å². The molecule has 0 radical (unpaired) electrons. The Labute approximate surface area is 156 Å². The molecular weight excluding hydrogens is 354 g/mol. The molecule has 0 bridgehead atoms. The van der Waals surface area contributed by atoms with E-state index in [-0.39, 0.29) is 11.9 Å². The molecule has 2 unspecified atom stereocenters. The third-order valence-electron chi connectivity index (χ3n) is 5.22. The molecule has 1 aromatic heterocycles. The number of fused-ring (bicyclic) bond motifs is 1. The number of aliphatic carboxylic acids is 1. The normalized spacial score (nSPS) is 21.9. The summed E-state index contributed by atoms with van der Waals surface area (Å²) in [6, 6.07) is 0. The van der Waals surface area contributed by atoms with Gasteiger partial charge in [0.1, 0.15) is 5.00 Å². The summed E-state index contributed by atoms with van der Waals surface area (Å²) in [6.45, 7) is 2.28. The van der Waals surface area contributed by atoms with Gasteiger partial charge in [-0.15, -0.1) is 11.3 Å². The van der Waals surface area contributed by atoms with Crippen molar-refractivity contribution in [2.24, 2.45) is 11.8 Å². The minimum absolute atomic E-state index is 0.290. The number of carboxylic acids is 1. The predicted octanol–water partition coefficient (Wildman–Crippen LogP) is 3.63. The fourth-order valence-electron chi connectivity index (χ4n) is 3.92. The number of anilines is 1. The fraction of sp³-hybridized carbons (Fsp3) is 0.632. The molecular formula is C19H25NO5S. The SMILES string of the molecule is CCCOC(=O)c1c(NC(=O)C2CCCCC2C(=O)O)sc2c1CCC2. The highest BCUT2D eigenvalue weighted by Gasteiger charge is 2.37. The molecule has 2 N–H and O–H groups in total. The third kappa shape index (κ3) is 3.77. The monoisotopic (exact) mass is 379 g/mol. The Hall–Kier alpha value is -1.89. The summed E-state index contributed by atoms with van der Waals surface area (Å²) in [5.74, 6) is -2.79. The Bertz CT molecular complexity index is 711. The lowest BCUT2D eigenvalue weighted by Crippen LogP contribution is -2.36. The van der Waals surface area contributed by atoms with Crippen LogP contribution in [0, 0.1) is 11.8 Å². The topological polar surface area (TPSA) is 92.7 Å². The maximum absolute atomic E-state index is 12.8. The first kappa shape index (κ1) is 18.9. The first-order chi connectivity index (χ1) is 12.5. The molecule has 1 saturated carbocycles. The molecule has 7 heteroatoms. The fourth-order valence-corrected chi connectivity index (χ4v) is 5.20. The van der Waals surface area contributed by atoms with Crippen molar-refractivity contribution in [3.63, 3.8) is 0 Å². The van der Waals surface area contributed by atoms with Gasteiger partial charge in [-0.1, -0.05) is 19.8 Å². The lowest BCUT2D eigenvalue weighted by atomic mass is 9.79. The number of carbonyl (C=O) groups is 3. The van der Waals surface area contributed by atoms with E-state index in [1.54, 1.807) is 0 Å². The Morgan fingerprint density at radius 1 is 1.15 bits per heavy atom. The first-order valence-corrected chi connectivity index (χ1v) is 10.2. The second-order valence-corrected chi connectivity index (χ2v) is 8.13. The highest BCUT2D eigenvalue weighted by molar-refractivity contribution is 7.17. The average Bonchev–Trinajstić information content (AvgIpc) is 3.20. The lowest BCUT2D eigenvalue weighted by Gasteiger charge is -2.27. The number of thiophene rings is 1. The number of rotatable bonds is 6. The summed E-state index contributed by atoms with van der Waals surface area (Å²) in [5.41, 5.74) is 1.47. The summed E-state index contributed by atoms with van der Waals surface area (Å²) in [6.07, 6.45) is 6.26. The molecule has 1 heterocycles. The Morgan fingerprint density at radius 2 is 1.88 bits per heavy atom. The van der Waals surface area contributed by atoms with Gasteiger partial charge in [-0.3, -0.25) is 9.59 Å². The minimum atomic E-state index is -0.916. The van der Waals surface area contributed by atoms with Crippen LogP contribution >= 0.6 is 11.3 Å². The molecule has 2 aliphatic rings. The van der Waals surface area contributed by atoms with Gasteiger partial charge in [-0.05, 0) is 44.1 Å². The molecule has 0 spiro atoms. The van der Waals surface area contributed by atoms with E-state index in [0.717, 1.165) is 49.0 Å². The molecule has 1 aromatic rings. The van der Waals surface area contributed by atoms with Crippen LogP contribution in [0.5, 0.6) is 0 Å². The van der Waals surface area contributed by atoms with E-state index in [1.807, 2.05) is 6.92 Å². The number of hydrogen-bond donors (Lipinski definition) is 2. The van der Waals surface area contributed by atoms with Crippen molar-refractivity contribution in [1.29, 1.82) is 0 Å². The van der Waals surface area contributed by atoms with Gasteiger partial charge in [0.05, 0.1) is 24.0 Å². The Kier molecular flexibility index (Phi) is 5.96. The van der Waals surface area contributed by atoms with E-state index < -0.39 is 17.8 Å². The molecule has 6 nitrogen and oxygen atoms in total. The maximum Gasteiger partial charge on any atom is 0.341 e. The molecule has 3 rings (SSSR count). The zero-order valence-corrected chi connectivity index (χ0v) is 15.8. The molecule has 0 aromatic carbocycles. The molecule has 0 aliphatic heterocycles. The number of nitrogens with one attached hydrogen (secondary N) is 1. The van der Waals surface area contributed by atoms with Crippen LogP contribution < -0.4 is 5.32 Å². The van der Waals surface area contributed by atoms with Crippen LogP contribution in [0.15, 0.2) is 0 Å². The van der Waals surface area contributed by atoms with Crippen molar-refractivity contribution in [3.8, 4) is 0 Å². The van der Waals surface area contributed by atoms with Gasteiger partial charge in [0.15, 0.2) is 0 Å². The van der Waals surface area contributed by atoms with E-state index >= 15 is 0 Å². The van der Waals surface area contributed by atoms with Gasteiger partial charge in [-0.25, -0.2) is 4.79 Å². The van der Waals surface area contributed by atoms with Gasteiger partial charge in [0, 0.05) is 4.88 Å². The predicted molar refractivity (Wildman–Crippen MR) is 98.6 cm³/mol. The van der Waals surface area contributed by atoms with Crippen molar-refractivity contribution in [3.05, 3.63) is 16.0 Å². The Morgan fingerprint density at radius 3 is 2.58 bits per heavy atom. The number of aryl methyl sites for hydroxylation is 1. The Balaban J connectivity index is 1.82. The van der Waals surface area contributed by atoms with E-state index in [1.165, 1.54) is 11.3 Å². The number of carboxylic acid groups (broad SMARTS) is 1. The zero-order chi connectivity index (χ0) is 18.7. The summed E-state index contributed by atoms with van der Waals surface area (Å²) < 4.78 is 5.31. The maximum atomic E-state index is 12.8. The molecule has 2 atom stereocenters. The largest absolute Gasteiger partial charge is 0.481 e. The molecule has 26 heavy (non-hydrogen) atoms. The number of esters is 1. The van der Waals surface area contributed by atoms with Crippen LogP contribution in [-0.2, 0) is 27.2 Å². The van der Waals surface area contributed by atoms with Gasteiger partial charge >= 0.3 is 11.9 Å². The number of ether oxygens (including phenoxy) is 1. The minimum Gasteiger partial charge on any atom is -0.481 e. The van der Waals surface area contributed by atoms with Crippen molar-refractivity contribution >= 4 is 34.2 Å². The van der Waals surface area contributed by atoms with Gasteiger partial charge in [0.25, 0.3) is 0 Å². The smallest absolute Gasteiger partial charge is 0.341 e. The standard InChI is InChI=1S/C19H25NO5S/c1-2-10-25-19(24)15-13-8-5-9-14(13)26-17(15)20-16(21)11-6-3-4-7-12(11)18(22)23/h11-12H,2-10H2,1H3,(H,20,21)(H,22,23). The summed E-state index contributed by atoms with van der Waals surface area (Å²) >= 11 is 1.43. The van der Waals surface area contributed by atoms with Crippen LogP contribution in [-0.4, -0.2) is 29.6 Å². The summed E-state index contributed by atoms with van der Waals surface area (Å²) in [5, 5.41) is 12.8. The van der Waals surface area contributed by atoms with Crippen molar-refractivity contribution in [2.45, 2.75) is 58.3 Å². The number of carbonyl (C=O) groups excluding carboxylic acids is 2. The molecule has 2 aliphatic carbocycles. The van der Waals surface area contributed by atoms with Crippen LogP contribution in [0.4, 0.5) is 5.00 Å². The van der Waals surface area contributed by atoms with Gasteiger partial charge in [-0.2, -0.15) is 0 Å². The lowest BCUT2D eigenvalue weighted by molar-refractivity contribution is -0.147. The zero-order valence-electron chi connectivity index (χ0n) is 15.0. The first-order valence-electron chi connectivity index (χ1n) is 9.38. The average molecular weight is 379 g/mol. The highest BCUT2D eigenvalue weighted by atomic mass is 32.1. The van der Waals surface area contributed by atoms with Crippen molar-refractivity contribution in [1.82, 2.24) is 0 Å². The molecule has 1 amide bonds. The number of amides is 1. The van der Waals surface area contributed by atoms with Crippen LogP contribution in [0.1, 0.15) is 66.2 Å².